The number of hydrogen-bond acceptors (Lipinski definition) is 3. The minimum atomic E-state index is -1.36. The van der Waals surface area contributed by atoms with Crippen LogP contribution in [-0.4, -0.2) is 35.0 Å². The van der Waals surface area contributed by atoms with Crippen LogP contribution in [0.4, 0.5) is 4.39 Å². The molecule has 0 aliphatic rings. The predicted molar refractivity (Wildman–Crippen MR) is 64.0 cm³/mol. The van der Waals surface area contributed by atoms with Crippen molar-refractivity contribution in [3.05, 3.63) is 35.6 Å². The first-order chi connectivity index (χ1) is 7.81. The summed E-state index contributed by atoms with van der Waals surface area (Å²) in [7, 11) is 1.78. The maximum absolute atomic E-state index is 13.0. The van der Waals surface area contributed by atoms with Crippen molar-refractivity contribution in [1.29, 1.82) is 0 Å². The molecule has 1 rings (SSSR count). The molecule has 0 radical (unpaired) electrons. The zero-order valence-electron chi connectivity index (χ0n) is 10.4. The zero-order valence-corrected chi connectivity index (χ0v) is 10.4. The van der Waals surface area contributed by atoms with Crippen molar-refractivity contribution in [3.8, 4) is 0 Å². The second-order valence-corrected chi connectivity index (χ2v) is 4.63. The maximum atomic E-state index is 13.0. The van der Waals surface area contributed by atoms with Crippen molar-refractivity contribution in [2.75, 3.05) is 13.6 Å². The van der Waals surface area contributed by atoms with Crippen LogP contribution in [0.25, 0.3) is 0 Å². The van der Waals surface area contributed by atoms with E-state index in [9.17, 15) is 14.3 Å². The number of carbonyl (C=O) groups is 1. The number of rotatable bonds is 5. The van der Waals surface area contributed by atoms with E-state index in [4.69, 9.17) is 0 Å². The van der Waals surface area contributed by atoms with E-state index in [0.717, 1.165) is 5.56 Å². The fourth-order valence-corrected chi connectivity index (χ4v) is 1.64. The molecule has 0 heterocycles. The van der Waals surface area contributed by atoms with Gasteiger partial charge >= 0.3 is 0 Å². The van der Waals surface area contributed by atoms with Gasteiger partial charge in [-0.2, -0.15) is 0 Å². The van der Waals surface area contributed by atoms with Gasteiger partial charge in [-0.15, -0.1) is 0 Å². The number of hydrogen-bond donors (Lipinski definition) is 1. The third-order valence-electron chi connectivity index (χ3n) is 2.68. The number of likely N-dealkylation sites (N-methyl/N-ethyl adjacent to an activating group) is 1. The van der Waals surface area contributed by atoms with Crippen molar-refractivity contribution in [2.24, 2.45) is 0 Å². The van der Waals surface area contributed by atoms with Gasteiger partial charge in [-0.3, -0.25) is 9.69 Å². The lowest BCUT2D eigenvalue weighted by atomic mass is 10.0. The molecule has 0 aromatic heterocycles. The van der Waals surface area contributed by atoms with Gasteiger partial charge in [0.15, 0.2) is 5.78 Å². The highest BCUT2D eigenvalue weighted by Gasteiger charge is 2.27. The molecule has 1 unspecified atom stereocenters. The van der Waals surface area contributed by atoms with Crippen LogP contribution in [0, 0.1) is 5.82 Å². The van der Waals surface area contributed by atoms with E-state index in [-0.39, 0.29) is 18.1 Å². The highest BCUT2D eigenvalue weighted by Crippen LogP contribution is 2.11. The number of aliphatic hydroxyl groups is 1. The Hall–Kier alpha value is -1.26. The van der Waals surface area contributed by atoms with Crippen molar-refractivity contribution in [3.63, 3.8) is 0 Å². The van der Waals surface area contributed by atoms with E-state index in [1.807, 2.05) is 6.07 Å². The molecule has 1 atom stereocenters. The van der Waals surface area contributed by atoms with E-state index in [2.05, 4.69) is 0 Å². The Bertz CT molecular complexity index is 404. The molecular weight excluding hydrogens is 221 g/mol. The monoisotopic (exact) mass is 239 g/mol. The van der Waals surface area contributed by atoms with Crippen LogP contribution in [0.1, 0.15) is 19.4 Å². The van der Waals surface area contributed by atoms with Crippen LogP contribution in [0.5, 0.6) is 0 Å². The summed E-state index contributed by atoms with van der Waals surface area (Å²) in [6, 6.07) is 6.28. The molecule has 0 aliphatic carbocycles. The lowest BCUT2D eigenvalue weighted by Gasteiger charge is -2.26. The SMILES string of the molecule is CC(=O)C(C)(O)CN(C)Cc1cccc(F)c1. The van der Waals surface area contributed by atoms with Crippen LogP contribution >= 0.6 is 0 Å². The molecule has 3 nitrogen and oxygen atoms in total. The smallest absolute Gasteiger partial charge is 0.162 e. The summed E-state index contributed by atoms with van der Waals surface area (Å²) in [6.07, 6.45) is 0. The third-order valence-corrected chi connectivity index (χ3v) is 2.68. The number of benzene rings is 1. The normalized spacial score (nSPS) is 14.7. The van der Waals surface area contributed by atoms with Gasteiger partial charge in [0, 0.05) is 13.1 Å². The van der Waals surface area contributed by atoms with E-state index < -0.39 is 5.60 Å². The van der Waals surface area contributed by atoms with Crippen LogP contribution < -0.4 is 0 Å². The summed E-state index contributed by atoms with van der Waals surface area (Å²) in [6.45, 7) is 3.55. The molecule has 0 bridgehead atoms. The first-order valence-electron chi connectivity index (χ1n) is 5.47. The van der Waals surface area contributed by atoms with Crippen LogP contribution in [-0.2, 0) is 11.3 Å². The molecule has 17 heavy (non-hydrogen) atoms. The fourth-order valence-electron chi connectivity index (χ4n) is 1.64. The van der Waals surface area contributed by atoms with Gasteiger partial charge < -0.3 is 5.11 Å². The second kappa shape index (κ2) is 5.38. The van der Waals surface area contributed by atoms with Crippen molar-refractivity contribution in [1.82, 2.24) is 4.90 Å². The highest BCUT2D eigenvalue weighted by atomic mass is 19.1. The molecule has 4 heteroatoms. The number of Topliss-reactive ketones (excluding diaryl/α,β-unsaturated/α-hetero) is 1. The minimum absolute atomic E-state index is 0.221. The average Bonchev–Trinajstić information content (AvgIpc) is 2.15. The number of ketones is 1. The number of halogens is 1. The Balaban J connectivity index is 2.61. The van der Waals surface area contributed by atoms with E-state index in [1.54, 1.807) is 18.0 Å². The molecule has 0 aliphatic heterocycles. The summed E-state index contributed by atoms with van der Waals surface area (Å²) < 4.78 is 13.0. The molecule has 1 N–H and O–H groups in total. The lowest BCUT2D eigenvalue weighted by molar-refractivity contribution is -0.135. The molecule has 0 saturated heterocycles. The minimum Gasteiger partial charge on any atom is -0.381 e. The molecule has 94 valence electrons. The number of nitrogens with zero attached hydrogens (tertiary/aromatic N) is 1. The number of carbonyl (C=O) groups excluding carboxylic acids is 1. The van der Waals surface area contributed by atoms with Crippen molar-refractivity contribution in [2.45, 2.75) is 26.0 Å². The summed E-state index contributed by atoms with van der Waals surface area (Å²) in [4.78, 5) is 13.0. The Morgan fingerprint density at radius 2 is 2.18 bits per heavy atom. The van der Waals surface area contributed by atoms with Gasteiger partial charge in [0.1, 0.15) is 11.4 Å². The Morgan fingerprint density at radius 3 is 2.71 bits per heavy atom. The van der Waals surface area contributed by atoms with Gasteiger partial charge in [-0.05, 0) is 38.6 Å². The van der Waals surface area contributed by atoms with Gasteiger partial charge in [0.25, 0.3) is 0 Å². The van der Waals surface area contributed by atoms with Crippen molar-refractivity contribution >= 4 is 5.78 Å². The molecule has 0 fully saturated rings. The van der Waals surface area contributed by atoms with Crippen LogP contribution in [0.3, 0.4) is 0 Å². The second-order valence-electron chi connectivity index (χ2n) is 4.63. The summed E-state index contributed by atoms with van der Waals surface area (Å²) in [5.41, 5.74) is -0.547. The molecule has 0 saturated carbocycles. The summed E-state index contributed by atoms with van der Waals surface area (Å²) in [5.74, 6) is -0.558. The lowest BCUT2D eigenvalue weighted by Crippen LogP contribution is -2.44. The summed E-state index contributed by atoms with van der Waals surface area (Å²) in [5, 5.41) is 9.83. The Labute approximate surface area is 101 Å². The predicted octanol–water partition coefficient (Wildman–Crippen LogP) is 1.60. The maximum Gasteiger partial charge on any atom is 0.162 e. The van der Waals surface area contributed by atoms with Gasteiger partial charge in [0.05, 0.1) is 0 Å². The van der Waals surface area contributed by atoms with E-state index in [0.29, 0.717) is 6.54 Å². The largest absolute Gasteiger partial charge is 0.381 e. The van der Waals surface area contributed by atoms with Gasteiger partial charge in [-0.1, -0.05) is 12.1 Å². The quantitative estimate of drug-likeness (QED) is 0.848. The van der Waals surface area contributed by atoms with E-state index in [1.165, 1.54) is 26.0 Å². The van der Waals surface area contributed by atoms with Crippen LogP contribution in [0.2, 0.25) is 0 Å². The van der Waals surface area contributed by atoms with Crippen LogP contribution in [0.15, 0.2) is 24.3 Å². The van der Waals surface area contributed by atoms with E-state index >= 15 is 0 Å². The zero-order chi connectivity index (χ0) is 13.1. The first kappa shape index (κ1) is 13.8. The molecule has 0 amide bonds. The molecule has 1 aromatic carbocycles. The molecule has 1 aromatic rings. The van der Waals surface area contributed by atoms with Crippen molar-refractivity contribution < 1.29 is 14.3 Å². The Morgan fingerprint density at radius 1 is 1.53 bits per heavy atom. The summed E-state index contributed by atoms with van der Waals surface area (Å²) >= 11 is 0. The highest BCUT2D eigenvalue weighted by molar-refractivity contribution is 5.84. The topological polar surface area (TPSA) is 40.5 Å². The first-order valence-corrected chi connectivity index (χ1v) is 5.47. The van der Waals surface area contributed by atoms with Gasteiger partial charge in [0.2, 0.25) is 0 Å². The molecule has 0 spiro atoms. The fraction of sp³-hybridized carbons (Fsp3) is 0.462. The third kappa shape index (κ3) is 4.24. The van der Waals surface area contributed by atoms with Gasteiger partial charge in [-0.25, -0.2) is 4.39 Å². The average molecular weight is 239 g/mol. The standard InChI is InChI=1S/C13H18FNO2/c1-10(16)13(2,17)9-15(3)8-11-5-4-6-12(14)7-11/h4-7,17H,8-9H2,1-3H3. The molecular formula is C13H18FNO2. The Kier molecular flexibility index (Phi) is 4.37.